The van der Waals surface area contributed by atoms with Crippen LogP contribution in [0.1, 0.15) is 10.4 Å². The molecule has 0 atom stereocenters. The molecule has 0 unspecified atom stereocenters. The van der Waals surface area contributed by atoms with E-state index in [9.17, 15) is 35.1 Å². The van der Waals surface area contributed by atoms with Gasteiger partial charge in [0.25, 0.3) is 23.0 Å². The summed E-state index contributed by atoms with van der Waals surface area (Å²) in [5, 5.41) is 36.4. The molecule has 0 spiro atoms. The molecule has 2 aromatic carbocycles. The number of hydrogen-bond donors (Lipinski definition) is 1. The van der Waals surface area contributed by atoms with Gasteiger partial charge in [0, 0.05) is 24.3 Å². The first-order valence-corrected chi connectivity index (χ1v) is 8.74. The van der Waals surface area contributed by atoms with Gasteiger partial charge < -0.3 is 4.74 Å². The normalized spacial score (nSPS) is 10.3. The third-order valence-electron chi connectivity index (χ3n) is 3.56. The Labute approximate surface area is 170 Å². The lowest BCUT2D eigenvalue weighted by molar-refractivity contribution is -0.394. The third-order valence-corrected chi connectivity index (χ3v) is 4.30. The maximum Gasteiger partial charge on any atom is 0.277 e. The number of nitrogens with zero attached hydrogens (tertiary/aromatic N) is 4. The summed E-state index contributed by atoms with van der Waals surface area (Å²) in [4.78, 5) is 46.6. The van der Waals surface area contributed by atoms with Gasteiger partial charge in [-0.3, -0.25) is 40.5 Å². The Morgan fingerprint density at radius 2 is 1.47 bits per heavy atom. The molecule has 0 saturated heterocycles. The second-order valence-corrected chi connectivity index (χ2v) is 6.41. The molecule has 0 bridgehead atoms. The van der Waals surface area contributed by atoms with E-state index < -0.39 is 32.1 Å². The summed E-state index contributed by atoms with van der Waals surface area (Å²) >= 11 is 0.977. The van der Waals surface area contributed by atoms with E-state index in [2.05, 4.69) is 10.3 Å². The highest BCUT2D eigenvalue weighted by Crippen LogP contribution is 2.28. The van der Waals surface area contributed by atoms with Gasteiger partial charge in [0.15, 0.2) is 5.13 Å². The molecular formula is C16H9N5O8S. The van der Waals surface area contributed by atoms with Crippen molar-refractivity contribution in [2.45, 2.75) is 0 Å². The number of aromatic nitrogens is 1. The highest BCUT2D eigenvalue weighted by molar-refractivity contribution is 7.14. The summed E-state index contributed by atoms with van der Waals surface area (Å²) in [6.07, 6.45) is 0. The number of thiazole rings is 1. The molecule has 0 radical (unpaired) electrons. The van der Waals surface area contributed by atoms with Crippen LogP contribution in [0.3, 0.4) is 0 Å². The largest absolute Gasteiger partial charge is 0.438 e. The quantitative estimate of drug-likeness (QED) is 0.428. The number of amides is 1. The topological polar surface area (TPSA) is 181 Å². The minimum absolute atomic E-state index is 0.0751. The minimum Gasteiger partial charge on any atom is -0.438 e. The first kappa shape index (κ1) is 20.3. The van der Waals surface area contributed by atoms with E-state index in [1.54, 1.807) is 0 Å². The van der Waals surface area contributed by atoms with Crippen LogP contribution in [0, 0.1) is 30.3 Å². The molecule has 0 saturated carbocycles. The molecule has 1 heterocycles. The number of carbonyl (C=O) groups is 1. The third kappa shape index (κ3) is 4.68. The van der Waals surface area contributed by atoms with Crippen molar-refractivity contribution >= 4 is 39.4 Å². The molecule has 1 aromatic heterocycles. The number of nitro benzene ring substituents is 3. The zero-order valence-electron chi connectivity index (χ0n) is 14.6. The van der Waals surface area contributed by atoms with Crippen molar-refractivity contribution in [1.82, 2.24) is 4.98 Å². The number of ether oxygens (including phenoxy) is 1. The summed E-state index contributed by atoms with van der Waals surface area (Å²) in [5.41, 5.74) is -1.60. The van der Waals surface area contributed by atoms with Crippen LogP contribution in [0.25, 0.3) is 0 Å². The van der Waals surface area contributed by atoms with Gasteiger partial charge in [-0.2, -0.15) is 4.98 Å². The molecule has 3 aromatic rings. The maximum atomic E-state index is 12.3. The maximum absolute atomic E-state index is 12.3. The van der Waals surface area contributed by atoms with E-state index in [0.717, 1.165) is 29.5 Å². The standard InChI is InChI=1S/C16H9N5O8S/c22-15(9-5-11(20(25)26)7-12(6-9)21(27)28)18-16-17-14(8-30-16)29-13-3-1-10(2-4-13)19(23)24/h1-8H,(H,17,18,22). The van der Waals surface area contributed by atoms with Crippen LogP contribution in [-0.4, -0.2) is 25.7 Å². The van der Waals surface area contributed by atoms with Gasteiger partial charge in [-0.25, -0.2) is 0 Å². The first-order valence-electron chi connectivity index (χ1n) is 7.86. The molecule has 3 rings (SSSR count). The van der Waals surface area contributed by atoms with E-state index in [1.165, 1.54) is 29.6 Å². The summed E-state index contributed by atoms with van der Waals surface area (Å²) in [7, 11) is 0. The number of hydrogen-bond acceptors (Lipinski definition) is 10. The SMILES string of the molecule is O=C(Nc1nc(Oc2ccc([N+](=O)[O-])cc2)cs1)c1cc([N+](=O)[O-])cc([N+](=O)[O-])c1. The molecule has 30 heavy (non-hydrogen) atoms. The summed E-state index contributed by atoms with van der Waals surface area (Å²) in [6, 6.07) is 7.81. The fourth-order valence-corrected chi connectivity index (χ4v) is 2.83. The van der Waals surface area contributed by atoms with E-state index >= 15 is 0 Å². The van der Waals surface area contributed by atoms with Crippen molar-refractivity contribution in [3.63, 3.8) is 0 Å². The molecule has 0 aliphatic carbocycles. The average molecular weight is 431 g/mol. The molecule has 14 heteroatoms. The Balaban J connectivity index is 1.74. The number of nitrogens with one attached hydrogen (secondary N) is 1. The van der Waals surface area contributed by atoms with Crippen molar-refractivity contribution in [2.24, 2.45) is 0 Å². The fourth-order valence-electron chi connectivity index (χ4n) is 2.23. The van der Waals surface area contributed by atoms with Gasteiger partial charge in [-0.05, 0) is 12.1 Å². The Morgan fingerprint density at radius 1 is 0.900 bits per heavy atom. The summed E-state index contributed by atoms with van der Waals surface area (Å²) in [6.45, 7) is 0. The van der Waals surface area contributed by atoms with Crippen LogP contribution in [-0.2, 0) is 0 Å². The number of anilines is 1. The van der Waals surface area contributed by atoms with Gasteiger partial charge in [0.2, 0.25) is 5.88 Å². The van der Waals surface area contributed by atoms with Gasteiger partial charge in [-0.15, -0.1) is 11.3 Å². The van der Waals surface area contributed by atoms with Crippen molar-refractivity contribution in [3.8, 4) is 11.6 Å². The van der Waals surface area contributed by atoms with Gasteiger partial charge >= 0.3 is 0 Å². The first-order chi connectivity index (χ1) is 14.2. The van der Waals surface area contributed by atoms with E-state index in [1.807, 2.05) is 0 Å². The average Bonchev–Trinajstić information content (AvgIpc) is 3.14. The lowest BCUT2D eigenvalue weighted by Crippen LogP contribution is -2.12. The van der Waals surface area contributed by atoms with E-state index in [-0.39, 0.29) is 28.0 Å². The van der Waals surface area contributed by atoms with Crippen molar-refractivity contribution in [2.75, 3.05) is 5.32 Å². The number of rotatable bonds is 7. The van der Waals surface area contributed by atoms with Crippen molar-refractivity contribution in [3.05, 3.63) is 83.8 Å². The molecule has 0 fully saturated rings. The van der Waals surface area contributed by atoms with Gasteiger partial charge in [0.05, 0.1) is 31.8 Å². The monoisotopic (exact) mass is 431 g/mol. The lowest BCUT2D eigenvalue weighted by Gasteiger charge is -2.03. The second-order valence-electron chi connectivity index (χ2n) is 5.55. The predicted octanol–water partition coefficient (Wildman–Crippen LogP) is 3.91. The van der Waals surface area contributed by atoms with Crippen LogP contribution in [0.4, 0.5) is 22.2 Å². The summed E-state index contributed by atoms with van der Waals surface area (Å²) in [5.74, 6) is -0.467. The highest BCUT2D eigenvalue weighted by Gasteiger charge is 2.20. The lowest BCUT2D eigenvalue weighted by atomic mass is 10.1. The van der Waals surface area contributed by atoms with Crippen molar-refractivity contribution < 1.29 is 24.3 Å². The minimum atomic E-state index is -0.844. The smallest absolute Gasteiger partial charge is 0.277 e. The van der Waals surface area contributed by atoms with Crippen LogP contribution in [0.2, 0.25) is 0 Å². The predicted molar refractivity (Wildman–Crippen MR) is 103 cm³/mol. The van der Waals surface area contributed by atoms with Crippen LogP contribution in [0.15, 0.2) is 47.8 Å². The van der Waals surface area contributed by atoms with Crippen LogP contribution >= 0.6 is 11.3 Å². The number of non-ortho nitro benzene ring substituents is 3. The number of benzene rings is 2. The molecule has 1 amide bonds. The number of nitro groups is 3. The van der Waals surface area contributed by atoms with E-state index in [0.29, 0.717) is 0 Å². The Bertz CT molecular complexity index is 1130. The summed E-state index contributed by atoms with van der Waals surface area (Å²) < 4.78 is 5.43. The van der Waals surface area contributed by atoms with Gasteiger partial charge in [0.1, 0.15) is 5.75 Å². The van der Waals surface area contributed by atoms with Crippen LogP contribution in [0.5, 0.6) is 11.6 Å². The van der Waals surface area contributed by atoms with Gasteiger partial charge in [-0.1, -0.05) is 0 Å². The van der Waals surface area contributed by atoms with Crippen molar-refractivity contribution in [1.29, 1.82) is 0 Å². The van der Waals surface area contributed by atoms with E-state index in [4.69, 9.17) is 4.74 Å². The zero-order valence-corrected chi connectivity index (χ0v) is 15.4. The molecular weight excluding hydrogens is 422 g/mol. The second kappa shape index (κ2) is 8.27. The zero-order chi connectivity index (χ0) is 21.8. The number of carbonyl (C=O) groups excluding carboxylic acids is 1. The molecule has 0 aliphatic heterocycles. The fraction of sp³-hybridized carbons (Fsp3) is 0. The Hall–Kier alpha value is -4.46. The molecule has 152 valence electrons. The molecule has 1 N–H and O–H groups in total. The Morgan fingerprint density at radius 3 is 2.00 bits per heavy atom. The van der Waals surface area contributed by atoms with Crippen LogP contribution < -0.4 is 10.1 Å². The molecule has 0 aliphatic rings. The molecule has 13 nitrogen and oxygen atoms in total. The highest BCUT2D eigenvalue weighted by atomic mass is 32.1. The Kier molecular flexibility index (Phi) is 5.59.